The first-order chi connectivity index (χ1) is 16.6. The van der Waals surface area contributed by atoms with Crippen LogP contribution in [0.25, 0.3) is 0 Å². The molecule has 2 N–H and O–H groups in total. The molecule has 4 rings (SSSR count). The minimum Gasteiger partial charge on any atom is -0.406 e. The molecule has 2 aromatic carbocycles. The van der Waals surface area contributed by atoms with E-state index in [0.717, 1.165) is 48.9 Å². The first kappa shape index (κ1) is 24.5. The number of halogens is 3. The van der Waals surface area contributed by atoms with E-state index in [2.05, 4.69) is 29.6 Å². The summed E-state index contributed by atoms with van der Waals surface area (Å²) in [6.07, 6.45) is -4.86. The zero-order chi connectivity index (χ0) is 25.1. The molecule has 0 radical (unpaired) electrons. The second kappa shape index (κ2) is 9.96. The quantitative estimate of drug-likeness (QED) is 0.491. The highest BCUT2D eigenvalue weighted by atomic mass is 32.2. The standard InChI is InChI=1S/C22H22F3N5O4S/c1-15-14-20(30-10-12-33-13-11-30)28-21(26-15)27-16-2-4-17(5-3-16)29-35(31,32)19-8-6-18(7-9-19)34-22(23,24)25/h2-9,14,29H,10-13H2,1H3,(H,26,27,28). The Labute approximate surface area is 200 Å². The molecule has 2 heterocycles. The normalized spacial score (nSPS) is 14.5. The minimum atomic E-state index is -4.86. The number of aryl methyl sites for hydroxylation is 1. The lowest BCUT2D eigenvalue weighted by molar-refractivity contribution is -0.274. The fourth-order valence-electron chi connectivity index (χ4n) is 3.35. The lowest BCUT2D eigenvalue weighted by atomic mass is 10.3. The fraction of sp³-hybridized carbons (Fsp3) is 0.273. The molecular weight excluding hydrogens is 487 g/mol. The second-order valence-corrected chi connectivity index (χ2v) is 9.30. The van der Waals surface area contributed by atoms with Gasteiger partial charge in [-0.1, -0.05) is 0 Å². The van der Waals surface area contributed by atoms with Crippen LogP contribution in [0.4, 0.5) is 36.3 Å². The smallest absolute Gasteiger partial charge is 0.406 e. The first-order valence-corrected chi connectivity index (χ1v) is 12.0. The molecule has 1 aliphatic rings. The number of hydrogen-bond donors (Lipinski definition) is 2. The zero-order valence-corrected chi connectivity index (χ0v) is 19.4. The van der Waals surface area contributed by atoms with Crippen molar-refractivity contribution in [3.63, 3.8) is 0 Å². The average Bonchev–Trinajstić information content (AvgIpc) is 2.80. The summed E-state index contributed by atoms with van der Waals surface area (Å²) in [6, 6.07) is 12.2. The third-order valence-electron chi connectivity index (χ3n) is 4.94. The van der Waals surface area contributed by atoms with Crippen molar-refractivity contribution in [1.29, 1.82) is 0 Å². The van der Waals surface area contributed by atoms with Crippen molar-refractivity contribution in [2.75, 3.05) is 41.2 Å². The number of aromatic nitrogens is 2. The molecule has 35 heavy (non-hydrogen) atoms. The largest absolute Gasteiger partial charge is 0.573 e. The van der Waals surface area contributed by atoms with Crippen molar-refractivity contribution < 1.29 is 31.1 Å². The molecule has 1 saturated heterocycles. The van der Waals surface area contributed by atoms with Crippen LogP contribution in [0, 0.1) is 6.92 Å². The monoisotopic (exact) mass is 509 g/mol. The van der Waals surface area contributed by atoms with Gasteiger partial charge >= 0.3 is 6.36 Å². The molecule has 0 atom stereocenters. The number of nitrogens with zero attached hydrogens (tertiary/aromatic N) is 3. The maximum Gasteiger partial charge on any atom is 0.573 e. The Balaban J connectivity index is 1.42. The van der Waals surface area contributed by atoms with Gasteiger partial charge in [0.25, 0.3) is 10.0 Å². The fourth-order valence-corrected chi connectivity index (χ4v) is 4.41. The van der Waals surface area contributed by atoms with Gasteiger partial charge in [0, 0.05) is 36.2 Å². The van der Waals surface area contributed by atoms with E-state index in [1.165, 1.54) is 0 Å². The van der Waals surface area contributed by atoms with Crippen molar-refractivity contribution in [1.82, 2.24) is 9.97 Å². The van der Waals surface area contributed by atoms with E-state index in [4.69, 9.17) is 4.74 Å². The summed E-state index contributed by atoms with van der Waals surface area (Å²) >= 11 is 0. The first-order valence-electron chi connectivity index (χ1n) is 10.5. The lowest BCUT2D eigenvalue weighted by Gasteiger charge is -2.28. The molecule has 1 fully saturated rings. The topological polar surface area (TPSA) is 106 Å². The Kier molecular flexibility index (Phi) is 6.98. The van der Waals surface area contributed by atoms with Crippen molar-refractivity contribution in [3.05, 3.63) is 60.3 Å². The predicted molar refractivity (Wildman–Crippen MR) is 123 cm³/mol. The highest BCUT2D eigenvalue weighted by molar-refractivity contribution is 7.92. The summed E-state index contributed by atoms with van der Waals surface area (Å²) in [6.45, 7) is 4.62. The highest BCUT2D eigenvalue weighted by Crippen LogP contribution is 2.26. The van der Waals surface area contributed by atoms with E-state index in [0.29, 0.717) is 24.8 Å². The van der Waals surface area contributed by atoms with Crippen LogP contribution in [0.3, 0.4) is 0 Å². The SMILES string of the molecule is Cc1cc(N2CCOCC2)nc(Nc2ccc(NS(=O)(=O)c3ccc(OC(F)(F)F)cc3)cc2)n1. The number of benzene rings is 2. The molecule has 0 amide bonds. The van der Waals surface area contributed by atoms with E-state index < -0.39 is 22.1 Å². The molecule has 0 spiro atoms. The highest BCUT2D eigenvalue weighted by Gasteiger charge is 2.31. The summed E-state index contributed by atoms with van der Waals surface area (Å²) in [5.41, 5.74) is 1.70. The van der Waals surface area contributed by atoms with Crippen molar-refractivity contribution in [3.8, 4) is 5.75 Å². The number of nitrogens with one attached hydrogen (secondary N) is 2. The van der Waals surface area contributed by atoms with Gasteiger partial charge in [0.15, 0.2) is 0 Å². The van der Waals surface area contributed by atoms with E-state index >= 15 is 0 Å². The number of alkyl halides is 3. The molecule has 0 saturated carbocycles. The van der Waals surface area contributed by atoms with Gasteiger partial charge in [-0.3, -0.25) is 4.72 Å². The molecule has 3 aromatic rings. The number of rotatable bonds is 7. The number of hydrogen-bond acceptors (Lipinski definition) is 8. The molecule has 186 valence electrons. The number of sulfonamides is 1. The van der Waals surface area contributed by atoms with Gasteiger partial charge in [0.1, 0.15) is 11.6 Å². The van der Waals surface area contributed by atoms with Gasteiger partial charge in [0.2, 0.25) is 5.95 Å². The molecule has 0 bridgehead atoms. The van der Waals surface area contributed by atoms with Crippen LogP contribution in [0.1, 0.15) is 5.69 Å². The summed E-state index contributed by atoms with van der Waals surface area (Å²) in [5.74, 6) is 0.683. The number of morpholine rings is 1. The number of ether oxygens (including phenoxy) is 2. The van der Waals surface area contributed by atoms with Crippen molar-refractivity contribution >= 4 is 33.2 Å². The maximum absolute atomic E-state index is 12.6. The van der Waals surface area contributed by atoms with Crippen LogP contribution >= 0.6 is 0 Å². The van der Waals surface area contributed by atoms with Crippen molar-refractivity contribution in [2.24, 2.45) is 0 Å². The third-order valence-corrected chi connectivity index (χ3v) is 6.33. The van der Waals surface area contributed by atoms with Crippen LogP contribution in [0.15, 0.2) is 59.5 Å². The van der Waals surface area contributed by atoms with Crippen LogP contribution in [-0.4, -0.2) is 51.1 Å². The van der Waals surface area contributed by atoms with Gasteiger partial charge < -0.3 is 19.7 Å². The van der Waals surface area contributed by atoms with Crippen LogP contribution in [0.2, 0.25) is 0 Å². The summed E-state index contributed by atoms with van der Waals surface area (Å²) < 4.78 is 73.5. The lowest BCUT2D eigenvalue weighted by Crippen LogP contribution is -2.36. The van der Waals surface area contributed by atoms with E-state index in [9.17, 15) is 21.6 Å². The van der Waals surface area contributed by atoms with Gasteiger partial charge in [-0.05, 0) is 55.5 Å². The van der Waals surface area contributed by atoms with Gasteiger partial charge in [0.05, 0.1) is 18.1 Å². The Morgan fingerprint density at radius 1 is 0.971 bits per heavy atom. The molecule has 13 heteroatoms. The van der Waals surface area contributed by atoms with Gasteiger partial charge in [-0.2, -0.15) is 4.98 Å². The van der Waals surface area contributed by atoms with Crippen LogP contribution < -0.4 is 19.7 Å². The predicted octanol–water partition coefficient (Wildman–Crippen LogP) is 4.06. The summed E-state index contributed by atoms with van der Waals surface area (Å²) in [5, 5.41) is 3.11. The Bertz CT molecular complexity index is 1260. The molecule has 9 nitrogen and oxygen atoms in total. The average molecular weight is 510 g/mol. The van der Waals surface area contributed by atoms with Crippen LogP contribution in [0.5, 0.6) is 5.75 Å². The van der Waals surface area contributed by atoms with Gasteiger partial charge in [-0.25, -0.2) is 13.4 Å². The molecular formula is C22H22F3N5O4S. The summed E-state index contributed by atoms with van der Waals surface area (Å²) in [7, 11) is -4.02. The Morgan fingerprint density at radius 3 is 2.23 bits per heavy atom. The molecule has 0 unspecified atom stereocenters. The Morgan fingerprint density at radius 2 is 1.60 bits per heavy atom. The zero-order valence-electron chi connectivity index (χ0n) is 18.5. The van der Waals surface area contributed by atoms with Crippen LogP contribution in [-0.2, 0) is 14.8 Å². The molecule has 1 aliphatic heterocycles. The molecule has 1 aromatic heterocycles. The van der Waals surface area contributed by atoms with Crippen molar-refractivity contribution in [2.45, 2.75) is 18.2 Å². The van der Waals surface area contributed by atoms with E-state index in [-0.39, 0.29) is 10.6 Å². The molecule has 0 aliphatic carbocycles. The van der Waals surface area contributed by atoms with E-state index in [1.807, 2.05) is 13.0 Å². The number of anilines is 4. The Hall–Kier alpha value is -3.58. The van der Waals surface area contributed by atoms with Gasteiger partial charge in [-0.15, -0.1) is 13.2 Å². The van der Waals surface area contributed by atoms with E-state index in [1.54, 1.807) is 24.3 Å². The second-order valence-electron chi connectivity index (χ2n) is 7.62. The summed E-state index contributed by atoms with van der Waals surface area (Å²) in [4.78, 5) is 10.9. The maximum atomic E-state index is 12.6. The minimum absolute atomic E-state index is 0.210. The third kappa shape index (κ3) is 6.73.